The van der Waals surface area contributed by atoms with E-state index in [2.05, 4.69) is 5.10 Å². The molecule has 4 rings (SSSR count). The number of aromatic carboxylic acids is 1. The Morgan fingerprint density at radius 1 is 1.14 bits per heavy atom. The van der Waals surface area contributed by atoms with Gasteiger partial charge in [-0.25, -0.2) is 4.79 Å². The molecule has 0 unspecified atom stereocenters. The summed E-state index contributed by atoms with van der Waals surface area (Å²) in [5.41, 5.74) is 0.857. The van der Waals surface area contributed by atoms with Gasteiger partial charge in [-0.2, -0.15) is 5.10 Å². The van der Waals surface area contributed by atoms with E-state index < -0.39 is 11.4 Å². The first kappa shape index (κ1) is 19.5. The molecule has 2 heterocycles. The van der Waals surface area contributed by atoms with E-state index in [0.29, 0.717) is 13.1 Å². The largest absolute Gasteiger partial charge is 0.497 e. The van der Waals surface area contributed by atoms with E-state index in [9.17, 15) is 9.59 Å². The van der Waals surface area contributed by atoms with Crippen molar-refractivity contribution in [1.82, 2.24) is 14.7 Å². The highest BCUT2D eigenvalue weighted by molar-refractivity contribution is 5.89. The zero-order valence-corrected chi connectivity index (χ0v) is 16.7. The summed E-state index contributed by atoms with van der Waals surface area (Å²) in [4.78, 5) is 26.7. The maximum absolute atomic E-state index is 13.6. The lowest BCUT2D eigenvalue weighted by molar-refractivity contribution is -0.138. The zero-order chi connectivity index (χ0) is 20.4. The van der Waals surface area contributed by atoms with Gasteiger partial charge >= 0.3 is 5.97 Å². The number of carboxylic acid groups (broad SMARTS) is 1. The number of carboxylic acids is 1. The third-order valence-electron chi connectivity index (χ3n) is 6.48. The Kier molecular flexibility index (Phi) is 5.30. The lowest BCUT2D eigenvalue weighted by atomic mass is 9.77. The molecular formula is C22H27N3O4. The SMILES string of the molecule is COc1ccc(C2(C(=O)N3CCC(n4cc(C(=O)O)cn4)CC3)CCCC2)cc1. The molecule has 2 aliphatic rings. The van der Waals surface area contributed by atoms with Gasteiger partial charge in [-0.15, -0.1) is 0 Å². The van der Waals surface area contributed by atoms with Crippen LogP contribution in [0, 0.1) is 0 Å². The molecule has 1 N–H and O–H groups in total. The topological polar surface area (TPSA) is 84.7 Å². The second-order valence-corrected chi connectivity index (χ2v) is 8.06. The van der Waals surface area contributed by atoms with Crippen LogP contribution in [0.1, 0.15) is 60.5 Å². The number of carbonyl (C=O) groups excluding carboxylic acids is 1. The minimum absolute atomic E-state index is 0.132. The molecule has 2 aromatic rings. The molecular weight excluding hydrogens is 370 g/mol. The number of carbonyl (C=O) groups is 2. The van der Waals surface area contributed by atoms with Crippen molar-refractivity contribution in [2.75, 3.05) is 20.2 Å². The van der Waals surface area contributed by atoms with Crippen LogP contribution in [0.2, 0.25) is 0 Å². The molecule has 7 nitrogen and oxygen atoms in total. The quantitative estimate of drug-likeness (QED) is 0.837. The fourth-order valence-corrected chi connectivity index (χ4v) is 4.80. The van der Waals surface area contributed by atoms with Crippen molar-refractivity contribution in [2.24, 2.45) is 0 Å². The Balaban J connectivity index is 1.47. The van der Waals surface area contributed by atoms with Crippen LogP contribution >= 0.6 is 0 Å². The Morgan fingerprint density at radius 2 is 1.79 bits per heavy atom. The molecule has 2 fully saturated rings. The monoisotopic (exact) mass is 397 g/mol. The number of ether oxygens (including phenoxy) is 1. The van der Waals surface area contributed by atoms with Gasteiger partial charge in [-0.05, 0) is 43.4 Å². The van der Waals surface area contributed by atoms with Crippen molar-refractivity contribution in [3.63, 3.8) is 0 Å². The van der Waals surface area contributed by atoms with E-state index in [4.69, 9.17) is 9.84 Å². The van der Waals surface area contributed by atoms with Crippen LogP contribution in [-0.2, 0) is 10.2 Å². The van der Waals surface area contributed by atoms with Gasteiger partial charge < -0.3 is 14.7 Å². The fraction of sp³-hybridized carbons (Fsp3) is 0.500. The number of rotatable bonds is 5. The lowest BCUT2D eigenvalue weighted by Crippen LogP contribution is -2.48. The highest BCUT2D eigenvalue weighted by Gasteiger charge is 2.45. The fourth-order valence-electron chi connectivity index (χ4n) is 4.80. The molecule has 1 saturated heterocycles. The van der Waals surface area contributed by atoms with Crippen molar-refractivity contribution in [1.29, 1.82) is 0 Å². The molecule has 0 bridgehead atoms. The van der Waals surface area contributed by atoms with Crippen LogP contribution in [0.5, 0.6) is 5.75 Å². The van der Waals surface area contributed by atoms with E-state index in [1.165, 1.54) is 6.20 Å². The molecule has 29 heavy (non-hydrogen) atoms. The van der Waals surface area contributed by atoms with E-state index in [1.807, 2.05) is 29.2 Å². The van der Waals surface area contributed by atoms with Crippen LogP contribution < -0.4 is 4.74 Å². The van der Waals surface area contributed by atoms with Gasteiger partial charge in [0.15, 0.2) is 0 Å². The summed E-state index contributed by atoms with van der Waals surface area (Å²) < 4.78 is 7.01. The molecule has 1 saturated carbocycles. The summed E-state index contributed by atoms with van der Waals surface area (Å²) in [5.74, 6) is 0.0620. The van der Waals surface area contributed by atoms with Crippen LogP contribution in [0.4, 0.5) is 0 Å². The third-order valence-corrected chi connectivity index (χ3v) is 6.48. The Hall–Kier alpha value is -2.83. The predicted molar refractivity (Wildman–Crippen MR) is 107 cm³/mol. The zero-order valence-electron chi connectivity index (χ0n) is 16.7. The number of hydrogen-bond acceptors (Lipinski definition) is 4. The highest BCUT2D eigenvalue weighted by Crippen LogP contribution is 2.43. The van der Waals surface area contributed by atoms with Gasteiger partial charge in [0, 0.05) is 19.3 Å². The van der Waals surface area contributed by atoms with Crippen molar-refractivity contribution >= 4 is 11.9 Å². The van der Waals surface area contributed by atoms with Crippen LogP contribution in [0.15, 0.2) is 36.7 Å². The summed E-state index contributed by atoms with van der Waals surface area (Å²) in [5, 5.41) is 13.3. The summed E-state index contributed by atoms with van der Waals surface area (Å²) in [6, 6.07) is 8.07. The summed E-state index contributed by atoms with van der Waals surface area (Å²) in [6.45, 7) is 1.34. The Bertz CT molecular complexity index is 876. The van der Waals surface area contributed by atoms with E-state index in [-0.39, 0.29) is 17.5 Å². The number of amides is 1. The van der Waals surface area contributed by atoms with E-state index in [0.717, 1.165) is 49.8 Å². The minimum atomic E-state index is -0.966. The second kappa shape index (κ2) is 7.89. The molecule has 1 aromatic carbocycles. The number of aromatic nitrogens is 2. The van der Waals surface area contributed by atoms with Crippen molar-refractivity contribution in [2.45, 2.75) is 50.0 Å². The Morgan fingerprint density at radius 3 is 2.34 bits per heavy atom. The summed E-state index contributed by atoms with van der Waals surface area (Å²) in [6.07, 6.45) is 8.45. The van der Waals surface area contributed by atoms with Gasteiger partial charge in [-0.1, -0.05) is 25.0 Å². The second-order valence-electron chi connectivity index (χ2n) is 8.06. The maximum Gasteiger partial charge on any atom is 0.338 e. The van der Waals surface area contributed by atoms with Crippen LogP contribution in [0.25, 0.3) is 0 Å². The Labute approximate surface area is 170 Å². The molecule has 1 aliphatic carbocycles. The number of methoxy groups -OCH3 is 1. The molecule has 0 spiro atoms. The smallest absolute Gasteiger partial charge is 0.338 e. The number of hydrogen-bond donors (Lipinski definition) is 1. The first-order chi connectivity index (χ1) is 14.0. The summed E-state index contributed by atoms with van der Waals surface area (Å²) >= 11 is 0. The normalized spacial score (nSPS) is 19.3. The van der Waals surface area contributed by atoms with Crippen molar-refractivity contribution in [3.05, 3.63) is 47.8 Å². The third kappa shape index (κ3) is 3.61. The number of benzene rings is 1. The average Bonchev–Trinajstić information content (AvgIpc) is 3.44. The molecule has 7 heteroatoms. The van der Waals surface area contributed by atoms with Crippen LogP contribution in [-0.4, -0.2) is 51.9 Å². The number of piperidine rings is 1. The minimum Gasteiger partial charge on any atom is -0.497 e. The van der Waals surface area contributed by atoms with E-state index in [1.54, 1.807) is 18.0 Å². The van der Waals surface area contributed by atoms with E-state index >= 15 is 0 Å². The molecule has 0 atom stereocenters. The predicted octanol–water partition coefficient (Wildman–Crippen LogP) is 3.27. The van der Waals surface area contributed by atoms with Crippen molar-refractivity contribution in [3.8, 4) is 5.75 Å². The molecule has 1 aliphatic heterocycles. The van der Waals surface area contributed by atoms with Gasteiger partial charge in [0.25, 0.3) is 0 Å². The molecule has 0 radical (unpaired) electrons. The first-order valence-corrected chi connectivity index (χ1v) is 10.2. The molecule has 154 valence electrons. The van der Waals surface area contributed by atoms with Gasteiger partial charge in [0.2, 0.25) is 5.91 Å². The average molecular weight is 397 g/mol. The highest BCUT2D eigenvalue weighted by atomic mass is 16.5. The first-order valence-electron chi connectivity index (χ1n) is 10.2. The van der Waals surface area contributed by atoms with Gasteiger partial charge in [-0.3, -0.25) is 9.48 Å². The number of nitrogens with zero attached hydrogens (tertiary/aromatic N) is 3. The summed E-state index contributed by atoms with van der Waals surface area (Å²) in [7, 11) is 1.65. The van der Waals surface area contributed by atoms with Crippen LogP contribution in [0.3, 0.4) is 0 Å². The van der Waals surface area contributed by atoms with Gasteiger partial charge in [0.1, 0.15) is 5.75 Å². The number of likely N-dealkylation sites (tertiary alicyclic amines) is 1. The van der Waals surface area contributed by atoms with Gasteiger partial charge in [0.05, 0.1) is 30.3 Å². The molecule has 1 amide bonds. The maximum atomic E-state index is 13.6. The van der Waals surface area contributed by atoms with Crippen molar-refractivity contribution < 1.29 is 19.4 Å². The molecule has 1 aromatic heterocycles. The standard InChI is InChI=1S/C22H27N3O4/c1-29-19-6-4-17(5-7-19)22(10-2-3-11-22)21(28)24-12-8-18(9-13-24)25-15-16(14-23-25)20(26)27/h4-7,14-15,18H,2-3,8-13H2,1H3,(H,26,27). The lowest BCUT2D eigenvalue weighted by Gasteiger charge is -2.39.